The molecule has 0 fully saturated rings. The van der Waals surface area contributed by atoms with E-state index >= 15 is 0 Å². The van der Waals surface area contributed by atoms with Gasteiger partial charge >= 0.3 is 0 Å². The second kappa shape index (κ2) is 9.55. The van der Waals surface area contributed by atoms with Gasteiger partial charge in [0.05, 0.1) is 6.04 Å². The molecule has 0 spiro atoms. The van der Waals surface area contributed by atoms with Crippen molar-refractivity contribution in [1.82, 2.24) is 9.80 Å². The molecular formula is C23H30N2O3S. The van der Waals surface area contributed by atoms with E-state index in [0.717, 1.165) is 18.4 Å². The highest BCUT2D eigenvalue weighted by Gasteiger charge is 2.34. The maximum absolute atomic E-state index is 13.4. The normalized spacial score (nSPS) is 17.0. The molecule has 2 heterocycles. The van der Waals surface area contributed by atoms with Crippen LogP contribution in [0.1, 0.15) is 47.9 Å². The average Bonchev–Trinajstić information content (AvgIpc) is 3.20. The van der Waals surface area contributed by atoms with Gasteiger partial charge in [-0.25, -0.2) is 0 Å². The molecule has 2 aromatic rings. The van der Waals surface area contributed by atoms with E-state index in [2.05, 4.69) is 42.6 Å². The molecule has 2 atom stereocenters. The van der Waals surface area contributed by atoms with E-state index in [1.807, 2.05) is 18.7 Å². The molecule has 6 heteroatoms. The molecule has 1 aliphatic rings. The van der Waals surface area contributed by atoms with Gasteiger partial charge in [-0.1, -0.05) is 36.8 Å². The third-order valence-corrected chi connectivity index (χ3v) is 6.69. The number of aryl methyl sites for hydroxylation is 1. The number of methoxy groups -OCH3 is 1. The van der Waals surface area contributed by atoms with Gasteiger partial charge in [-0.15, -0.1) is 11.3 Å². The Morgan fingerprint density at radius 1 is 1.28 bits per heavy atom. The predicted octanol–water partition coefficient (Wildman–Crippen LogP) is 3.80. The zero-order chi connectivity index (χ0) is 21.0. The van der Waals surface area contributed by atoms with Crippen LogP contribution in [-0.4, -0.2) is 54.5 Å². The Hall–Kier alpha value is -2.18. The van der Waals surface area contributed by atoms with Crippen LogP contribution in [0, 0.1) is 6.92 Å². The van der Waals surface area contributed by atoms with E-state index in [4.69, 9.17) is 4.74 Å². The largest absolute Gasteiger partial charge is 0.375 e. The Labute approximate surface area is 177 Å². The zero-order valence-corrected chi connectivity index (χ0v) is 18.5. The SMILES string of the molecule is CCC(C)N(CC(=O)N1CCc2sccc2C1c1ccc(C)cc1)C(=O)COC. The fourth-order valence-corrected chi connectivity index (χ4v) is 4.75. The lowest BCUT2D eigenvalue weighted by Crippen LogP contribution is -2.49. The molecule has 1 aromatic carbocycles. The fourth-order valence-electron chi connectivity index (χ4n) is 3.85. The Balaban J connectivity index is 1.89. The van der Waals surface area contributed by atoms with E-state index < -0.39 is 0 Å². The molecule has 29 heavy (non-hydrogen) atoms. The summed E-state index contributed by atoms with van der Waals surface area (Å²) in [7, 11) is 1.50. The molecule has 0 N–H and O–H groups in total. The Kier molecular flexibility index (Phi) is 7.09. The van der Waals surface area contributed by atoms with Crippen molar-refractivity contribution >= 4 is 23.2 Å². The van der Waals surface area contributed by atoms with E-state index in [9.17, 15) is 9.59 Å². The summed E-state index contributed by atoms with van der Waals surface area (Å²) < 4.78 is 5.03. The second-order valence-electron chi connectivity index (χ2n) is 7.66. The number of carbonyl (C=O) groups is 2. The number of amides is 2. The summed E-state index contributed by atoms with van der Waals surface area (Å²) in [5, 5.41) is 2.10. The van der Waals surface area contributed by atoms with Gasteiger partial charge in [-0.3, -0.25) is 9.59 Å². The number of thiophene rings is 1. The van der Waals surface area contributed by atoms with Crippen LogP contribution in [0.15, 0.2) is 35.7 Å². The van der Waals surface area contributed by atoms with Crippen molar-refractivity contribution in [3.8, 4) is 0 Å². The van der Waals surface area contributed by atoms with Crippen molar-refractivity contribution in [2.75, 3.05) is 26.8 Å². The number of carbonyl (C=O) groups excluding carboxylic acids is 2. The summed E-state index contributed by atoms with van der Waals surface area (Å²) in [4.78, 5) is 30.9. The van der Waals surface area contributed by atoms with Gasteiger partial charge in [0.2, 0.25) is 11.8 Å². The first-order valence-corrected chi connectivity index (χ1v) is 11.0. The maximum atomic E-state index is 13.4. The number of ether oxygens (including phenoxy) is 1. The number of nitrogens with zero attached hydrogens (tertiary/aromatic N) is 2. The molecule has 1 aliphatic heterocycles. The topological polar surface area (TPSA) is 49.9 Å². The third kappa shape index (κ3) is 4.70. The summed E-state index contributed by atoms with van der Waals surface area (Å²) >= 11 is 1.76. The fraction of sp³-hybridized carbons (Fsp3) is 0.478. The number of hydrogen-bond acceptors (Lipinski definition) is 4. The smallest absolute Gasteiger partial charge is 0.249 e. The molecular weight excluding hydrogens is 384 g/mol. The number of hydrogen-bond donors (Lipinski definition) is 0. The molecule has 1 aromatic heterocycles. The van der Waals surface area contributed by atoms with E-state index in [1.165, 1.54) is 23.1 Å². The standard InChI is InChI=1S/C23H30N2O3S/c1-5-17(3)25(22(27)15-28-4)14-21(26)24-12-10-20-19(11-13-29-20)23(24)18-8-6-16(2)7-9-18/h6-9,11,13,17,23H,5,10,12,14-15H2,1-4H3. The Morgan fingerprint density at radius 2 is 2.00 bits per heavy atom. The van der Waals surface area contributed by atoms with Gasteiger partial charge in [0.25, 0.3) is 0 Å². The van der Waals surface area contributed by atoms with Crippen LogP contribution in [0.4, 0.5) is 0 Å². The summed E-state index contributed by atoms with van der Waals surface area (Å²) in [6.07, 6.45) is 1.65. The van der Waals surface area contributed by atoms with Gasteiger partial charge in [-0.05, 0) is 49.3 Å². The minimum atomic E-state index is -0.143. The lowest BCUT2D eigenvalue weighted by molar-refractivity contribution is -0.145. The van der Waals surface area contributed by atoms with Gasteiger partial charge in [-0.2, -0.15) is 0 Å². The van der Waals surface area contributed by atoms with Crippen LogP contribution >= 0.6 is 11.3 Å². The van der Waals surface area contributed by atoms with Crippen LogP contribution in [0.2, 0.25) is 0 Å². The van der Waals surface area contributed by atoms with E-state index in [-0.39, 0.29) is 37.0 Å². The monoisotopic (exact) mass is 414 g/mol. The van der Waals surface area contributed by atoms with Crippen LogP contribution in [0.3, 0.4) is 0 Å². The minimum absolute atomic E-state index is 0.00626. The summed E-state index contributed by atoms with van der Waals surface area (Å²) in [6, 6.07) is 10.4. The highest BCUT2D eigenvalue weighted by molar-refractivity contribution is 7.10. The third-order valence-electron chi connectivity index (χ3n) is 5.70. The van der Waals surface area contributed by atoms with E-state index in [1.54, 1.807) is 16.2 Å². The number of rotatable bonds is 7. The Morgan fingerprint density at radius 3 is 2.66 bits per heavy atom. The lowest BCUT2D eigenvalue weighted by atomic mass is 9.92. The van der Waals surface area contributed by atoms with Crippen molar-refractivity contribution < 1.29 is 14.3 Å². The molecule has 2 amide bonds. The molecule has 2 unspecified atom stereocenters. The van der Waals surface area contributed by atoms with Crippen molar-refractivity contribution in [3.63, 3.8) is 0 Å². The number of benzene rings is 1. The van der Waals surface area contributed by atoms with Crippen molar-refractivity contribution in [1.29, 1.82) is 0 Å². The van der Waals surface area contributed by atoms with Crippen molar-refractivity contribution in [3.05, 3.63) is 57.3 Å². The Bertz CT molecular complexity index is 846. The van der Waals surface area contributed by atoms with Crippen LogP contribution in [-0.2, 0) is 20.7 Å². The highest BCUT2D eigenvalue weighted by atomic mass is 32.1. The maximum Gasteiger partial charge on any atom is 0.249 e. The van der Waals surface area contributed by atoms with Gasteiger partial charge in [0, 0.05) is 24.6 Å². The van der Waals surface area contributed by atoms with E-state index in [0.29, 0.717) is 6.54 Å². The molecule has 156 valence electrons. The molecule has 5 nitrogen and oxygen atoms in total. The molecule has 0 saturated heterocycles. The van der Waals surface area contributed by atoms with Gasteiger partial charge < -0.3 is 14.5 Å². The van der Waals surface area contributed by atoms with Crippen molar-refractivity contribution in [2.45, 2.75) is 45.7 Å². The summed E-state index contributed by atoms with van der Waals surface area (Å²) in [5.41, 5.74) is 3.51. The quantitative estimate of drug-likeness (QED) is 0.692. The minimum Gasteiger partial charge on any atom is -0.375 e. The van der Waals surface area contributed by atoms with Gasteiger partial charge in [0.15, 0.2) is 0 Å². The molecule has 0 bridgehead atoms. The summed E-state index contributed by atoms with van der Waals surface area (Å²) in [5.74, 6) is -0.160. The van der Waals surface area contributed by atoms with Crippen LogP contribution in [0.25, 0.3) is 0 Å². The van der Waals surface area contributed by atoms with Crippen molar-refractivity contribution in [2.24, 2.45) is 0 Å². The molecule has 0 radical (unpaired) electrons. The highest BCUT2D eigenvalue weighted by Crippen LogP contribution is 2.38. The number of fused-ring (bicyclic) bond motifs is 1. The molecule has 0 saturated carbocycles. The first kappa shape index (κ1) is 21.5. The van der Waals surface area contributed by atoms with Crippen LogP contribution in [0.5, 0.6) is 0 Å². The first-order valence-electron chi connectivity index (χ1n) is 10.2. The lowest BCUT2D eigenvalue weighted by Gasteiger charge is -2.38. The first-order chi connectivity index (χ1) is 14.0. The molecule has 0 aliphatic carbocycles. The van der Waals surface area contributed by atoms with Crippen LogP contribution < -0.4 is 0 Å². The zero-order valence-electron chi connectivity index (χ0n) is 17.7. The second-order valence-corrected chi connectivity index (χ2v) is 8.66. The average molecular weight is 415 g/mol. The summed E-state index contributed by atoms with van der Waals surface area (Å²) in [6.45, 7) is 6.81. The van der Waals surface area contributed by atoms with Gasteiger partial charge in [0.1, 0.15) is 13.2 Å². The predicted molar refractivity (Wildman–Crippen MR) is 116 cm³/mol. The molecule has 3 rings (SSSR count).